The minimum absolute atomic E-state index is 0. The van der Waals surface area contributed by atoms with Gasteiger partial charge < -0.3 is 2.85 Å². The quantitative estimate of drug-likeness (QED) is 0.452. The molecule has 0 fully saturated rings. The number of hydrogen-bond donors (Lipinski definition) is 0. The summed E-state index contributed by atoms with van der Waals surface area (Å²) < 4.78 is 33.1. The molecule has 8 heavy (non-hydrogen) atoms. The Bertz CT molecular complexity index is 60.2. The van der Waals surface area contributed by atoms with Crippen LogP contribution in [0, 0.1) is 0 Å². The molecule has 0 aromatic rings. The Kier molecular flexibility index (Phi) is 7.18. The Balaban J connectivity index is -0.0000000600. The minimum atomic E-state index is -4.00. The maximum Gasteiger partial charge on any atom is 2.00 e. The molecule has 0 aliphatic carbocycles. The maximum atomic E-state index is 11.0. The Morgan fingerprint density at radius 3 is 1.75 bits per heavy atom. The van der Waals surface area contributed by atoms with Crippen LogP contribution in [0.4, 0.5) is 13.2 Å². The number of alkyl halides is 4. The predicted octanol–water partition coefficient (Wildman–Crippen LogP) is 2.18. The van der Waals surface area contributed by atoms with E-state index in [2.05, 4.69) is 15.9 Å². The maximum absolute atomic E-state index is 11.0. The van der Waals surface area contributed by atoms with Gasteiger partial charge in [-0.05, 0) is 0 Å². The molecule has 0 unspecified atom stereocenters. The van der Waals surface area contributed by atoms with Crippen LogP contribution in [0.5, 0.6) is 0 Å². The van der Waals surface area contributed by atoms with Gasteiger partial charge in [0.25, 0.3) is 0 Å². The normalized spacial score (nSPS) is 10.5. The van der Waals surface area contributed by atoms with Crippen molar-refractivity contribution >= 4 is 39.0 Å². The average molecular weight is 203 g/mol. The zero-order valence-electron chi connectivity index (χ0n) is 6.13. The van der Waals surface area contributed by atoms with Crippen molar-refractivity contribution in [2.75, 3.05) is 5.33 Å². The topological polar surface area (TPSA) is 0 Å². The summed E-state index contributed by atoms with van der Waals surface area (Å²) in [7, 11) is 0. The van der Waals surface area contributed by atoms with E-state index in [0.717, 1.165) is 0 Å². The molecule has 0 bridgehead atoms. The summed E-state index contributed by atoms with van der Waals surface area (Å²) in [6.45, 7) is 0. The first kappa shape index (κ1) is 11.8. The van der Waals surface area contributed by atoms with Crippen LogP contribution in [0.25, 0.3) is 0 Å². The third-order valence-electron chi connectivity index (χ3n) is 0.378. The van der Waals surface area contributed by atoms with Gasteiger partial charge >= 0.3 is 29.2 Å². The molecule has 0 aromatic carbocycles. The standard InChI is InChI=1S/C3H4BrF3.Mg.2H/c4-2-1-3(5,6)7;;;/h1-2H2;;;/q;+2;2*-1. The first-order valence-corrected chi connectivity index (χ1v) is 2.81. The third kappa shape index (κ3) is 10.1. The average Bonchev–Trinajstić information content (AvgIpc) is 1.30. The van der Waals surface area contributed by atoms with E-state index in [0.29, 0.717) is 0 Å². The van der Waals surface area contributed by atoms with E-state index in [4.69, 9.17) is 0 Å². The molecule has 0 aliphatic heterocycles. The van der Waals surface area contributed by atoms with Gasteiger partial charge in [0.2, 0.25) is 0 Å². The van der Waals surface area contributed by atoms with Gasteiger partial charge in [0, 0.05) is 5.33 Å². The minimum Gasteiger partial charge on any atom is -1.00 e. The smallest absolute Gasteiger partial charge is 1.00 e. The monoisotopic (exact) mass is 202 g/mol. The van der Waals surface area contributed by atoms with Gasteiger partial charge in [-0.15, -0.1) is 0 Å². The molecule has 0 saturated carbocycles. The van der Waals surface area contributed by atoms with Crippen LogP contribution in [0.2, 0.25) is 0 Å². The first-order valence-electron chi connectivity index (χ1n) is 1.69. The van der Waals surface area contributed by atoms with E-state index >= 15 is 0 Å². The molecule has 5 heteroatoms. The Morgan fingerprint density at radius 1 is 1.38 bits per heavy atom. The van der Waals surface area contributed by atoms with Crippen LogP contribution in [0.1, 0.15) is 9.27 Å². The molecule has 0 amide bonds. The van der Waals surface area contributed by atoms with Crippen LogP contribution >= 0.6 is 15.9 Å². The Hall–Kier alpha value is 1.04. The van der Waals surface area contributed by atoms with Crippen LogP contribution < -0.4 is 0 Å². The van der Waals surface area contributed by atoms with E-state index in [1.54, 1.807) is 0 Å². The van der Waals surface area contributed by atoms with Crippen molar-refractivity contribution in [3.05, 3.63) is 0 Å². The summed E-state index contributed by atoms with van der Waals surface area (Å²) in [4.78, 5) is 0. The largest absolute Gasteiger partial charge is 2.00 e. The summed E-state index contributed by atoms with van der Waals surface area (Å²) >= 11 is 2.67. The van der Waals surface area contributed by atoms with Crippen LogP contribution in [0.15, 0.2) is 0 Å². The van der Waals surface area contributed by atoms with E-state index in [9.17, 15) is 13.2 Å². The summed E-state index contributed by atoms with van der Waals surface area (Å²) in [5, 5.41) is -0.00347. The zero-order valence-corrected chi connectivity index (χ0v) is 7.13. The summed E-state index contributed by atoms with van der Waals surface area (Å²) in [6.07, 6.45) is -4.74. The van der Waals surface area contributed by atoms with Crippen molar-refractivity contribution in [1.82, 2.24) is 0 Å². The van der Waals surface area contributed by atoms with Crippen molar-refractivity contribution in [1.29, 1.82) is 0 Å². The zero-order chi connectivity index (χ0) is 5.91. The third-order valence-corrected chi connectivity index (χ3v) is 0.774. The molecule has 0 radical (unpaired) electrons. The van der Waals surface area contributed by atoms with E-state index < -0.39 is 12.6 Å². The molecule has 0 saturated heterocycles. The Labute approximate surface area is 73.1 Å². The molecule has 0 rings (SSSR count). The van der Waals surface area contributed by atoms with Gasteiger partial charge in [-0.25, -0.2) is 0 Å². The second kappa shape index (κ2) is 4.87. The molecule has 0 aliphatic rings. The Morgan fingerprint density at radius 2 is 1.75 bits per heavy atom. The van der Waals surface area contributed by atoms with Crippen molar-refractivity contribution in [2.45, 2.75) is 12.6 Å². The van der Waals surface area contributed by atoms with Gasteiger partial charge in [0.1, 0.15) is 0 Å². The predicted molar refractivity (Wildman–Crippen MR) is 32.4 cm³/mol. The summed E-state index contributed by atoms with van der Waals surface area (Å²) in [5.41, 5.74) is 0. The van der Waals surface area contributed by atoms with E-state index in [1.165, 1.54) is 0 Å². The summed E-state index contributed by atoms with van der Waals surface area (Å²) in [6, 6.07) is 0. The fourth-order valence-corrected chi connectivity index (χ4v) is 0.557. The van der Waals surface area contributed by atoms with Crippen LogP contribution in [0.3, 0.4) is 0 Å². The molecule has 0 aromatic heterocycles. The van der Waals surface area contributed by atoms with Crippen molar-refractivity contribution in [3.63, 3.8) is 0 Å². The molecule has 0 nitrogen and oxygen atoms in total. The molecule has 0 atom stereocenters. The fraction of sp³-hybridized carbons (Fsp3) is 1.00. The number of hydrogen-bond acceptors (Lipinski definition) is 0. The first-order chi connectivity index (χ1) is 3.06. The number of halogens is 4. The summed E-state index contributed by atoms with van der Waals surface area (Å²) in [5.74, 6) is 0. The molecular weight excluding hydrogens is 197 g/mol. The molecule has 0 spiro atoms. The fourth-order valence-electron chi connectivity index (χ4n) is 0.107. The van der Waals surface area contributed by atoms with Crippen molar-refractivity contribution < 1.29 is 16.0 Å². The van der Waals surface area contributed by atoms with Gasteiger partial charge in [-0.1, -0.05) is 15.9 Å². The van der Waals surface area contributed by atoms with Gasteiger partial charge in [-0.2, -0.15) is 13.2 Å². The van der Waals surface area contributed by atoms with Gasteiger partial charge in [0.15, 0.2) is 0 Å². The second-order valence-corrected chi connectivity index (χ2v) is 1.85. The van der Waals surface area contributed by atoms with Crippen LogP contribution in [-0.4, -0.2) is 34.6 Å². The second-order valence-electron chi connectivity index (χ2n) is 1.05. The molecule has 48 valence electrons. The van der Waals surface area contributed by atoms with Crippen molar-refractivity contribution in [3.8, 4) is 0 Å². The van der Waals surface area contributed by atoms with E-state index in [1.807, 2.05) is 0 Å². The molecular formula is C3H6BrF3Mg. The van der Waals surface area contributed by atoms with Gasteiger partial charge in [0.05, 0.1) is 6.42 Å². The van der Waals surface area contributed by atoms with Gasteiger partial charge in [-0.3, -0.25) is 0 Å². The van der Waals surface area contributed by atoms with Crippen molar-refractivity contribution in [2.24, 2.45) is 0 Å². The van der Waals surface area contributed by atoms with E-state index in [-0.39, 0.29) is 31.2 Å². The van der Waals surface area contributed by atoms with Crippen LogP contribution in [-0.2, 0) is 0 Å². The molecule has 0 N–H and O–H groups in total. The molecule has 0 heterocycles. The SMILES string of the molecule is FC(F)(F)CCBr.[H-].[H-].[Mg+2]. The number of rotatable bonds is 1.